The fourth-order valence-electron chi connectivity index (χ4n) is 5.14. The van der Waals surface area contributed by atoms with Crippen molar-refractivity contribution in [3.05, 3.63) is 125 Å². The molecule has 1 fully saturated rings. The lowest BCUT2D eigenvalue weighted by atomic mass is 9.91. The van der Waals surface area contributed by atoms with Crippen LogP contribution >= 0.6 is 11.8 Å². The van der Waals surface area contributed by atoms with Crippen LogP contribution in [0, 0.1) is 5.92 Å². The minimum atomic E-state index is -0.535. The molecule has 7 heteroatoms. The van der Waals surface area contributed by atoms with Crippen LogP contribution in [0.15, 0.2) is 108 Å². The molecule has 2 amide bonds. The molecule has 4 atom stereocenters. The summed E-state index contributed by atoms with van der Waals surface area (Å²) in [6, 6.07) is 34.7. The summed E-state index contributed by atoms with van der Waals surface area (Å²) in [7, 11) is 0. The van der Waals surface area contributed by atoms with Gasteiger partial charge in [0.2, 0.25) is 0 Å². The summed E-state index contributed by atoms with van der Waals surface area (Å²) in [5.74, 6) is 0.922. The van der Waals surface area contributed by atoms with E-state index >= 15 is 0 Å². The van der Waals surface area contributed by atoms with Gasteiger partial charge in [0.15, 0.2) is 6.29 Å². The summed E-state index contributed by atoms with van der Waals surface area (Å²) < 4.78 is 13.3. The van der Waals surface area contributed by atoms with Gasteiger partial charge in [-0.05, 0) is 59.0 Å². The van der Waals surface area contributed by atoms with E-state index in [4.69, 9.17) is 9.47 Å². The third kappa shape index (κ3) is 7.61. The van der Waals surface area contributed by atoms with Crippen LogP contribution in [0.5, 0.6) is 0 Å². The van der Waals surface area contributed by atoms with E-state index in [2.05, 4.69) is 72.2 Å². The van der Waals surface area contributed by atoms with E-state index < -0.39 is 6.29 Å². The van der Waals surface area contributed by atoms with Crippen molar-refractivity contribution in [3.63, 3.8) is 0 Å². The van der Waals surface area contributed by atoms with Crippen molar-refractivity contribution in [1.29, 1.82) is 0 Å². The van der Waals surface area contributed by atoms with Crippen molar-refractivity contribution in [1.82, 2.24) is 10.6 Å². The van der Waals surface area contributed by atoms with Gasteiger partial charge >= 0.3 is 6.03 Å². The molecule has 6 nitrogen and oxygen atoms in total. The molecule has 0 saturated carbocycles. The Morgan fingerprint density at radius 3 is 2.29 bits per heavy atom. The molecule has 0 spiro atoms. The van der Waals surface area contributed by atoms with Gasteiger partial charge in [-0.3, -0.25) is 0 Å². The maximum atomic E-state index is 11.9. The van der Waals surface area contributed by atoms with Crippen LogP contribution in [0.25, 0.3) is 11.1 Å². The predicted molar refractivity (Wildman–Crippen MR) is 168 cm³/mol. The fraction of sp³-hybridized carbons (Fsp3) is 0.286. The summed E-state index contributed by atoms with van der Waals surface area (Å²) >= 11 is 1.79. The van der Waals surface area contributed by atoms with Gasteiger partial charge in [0.1, 0.15) is 0 Å². The number of aliphatic hydroxyl groups is 1. The molecule has 4 aromatic carbocycles. The molecular weight excluding hydrogens is 544 g/mol. The molecule has 0 bridgehead atoms. The highest BCUT2D eigenvalue weighted by atomic mass is 32.2. The largest absolute Gasteiger partial charge is 0.392 e. The normalized spacial score (nSPS) is 20.2. The van der Waals surface area contributed by atoms with Crippen LogP contribution in [-0.4, -0.2) is 29.5 Å². The maximum absolute atomic E-state index is 11.9. The number of benzene rings is 4. The lowest BCUT2D eigenvalue weighted by Crippen LogP contribution is -2.38. The van der Waals surface area contributed by atoms with Crippen molar-refractivity contribution in [2.75, 3.05) is 12.3 Å². The molecule has 1 heterocycles. The number of aliphatic hydroxyl groups excluding tert-OH is 1. The third-order valence-electron chi connectivity index (χ3n) is 7.49. The number of urea groups is 1. The Balaban J connectivity index is 1.38. The van der Waals surface area contributed by atoms with Gasteiger partial charge in [0.05, 0.1) is 18.8 Å². The summed E-state index contributed by atoms with van der Waals surface area (Å²) in [6.07, 6.45) is -0.735. The molecule has 0 unspecified atom stereocenters. The van der Waals surface area contributed by atoms with Crippen molar-refractivity contribution in [2.45, 2.75) is 50.4 Å². The number of carbonyl (C=O) groups is 1. The first-order valence-electron chi connectivity index (χ1n) is 14.4. The number of amides is 2. The van der Waals surface area contributed by atoms with E-state index in [1.54, 1.807) is 11.8 Å². The third-order valence-corrected chi connectivity index (χ3v) is 8.59. The highest BCUT2D eigenvalue weighted by molar-refractivity contribution is 7.99. The molecule has 42 heavy (non-hydrogen) atoms. The average Bonchev–Trinajstić information content (AvgIpc) is 3.04. The smallest absolute Gasteiger partial charge is 0.315 e. The standard InChI is InChI=1S/C35H38N2O4S/c1-3-36-35(39)37-21-26-9-7-10-28(19-26)29-11-8-12-30(20-29)34-40-32(23-42-31-13-5-4-6-14-31)24(2)33(41-34)27-17-15-25(22-38)16-18-27/h4-20,24,32-34,38H,3,21-23H2,1-2H3,(H2,36,37,39)/t24-,32+,33+,34+/m0/s1. The Labute approximate surface area is 252 Å². The fourth-order valence-corrected chi connectivity index (χ4v) is 6.22. The Morgan fingerprint density at radius 2 is 1.55 bits per heavy atom. The van der Waals surface area contributed by atoms with Crippen molar-refractivity contribution < 1.29 is 19.4 Å². The molecule has 1 saturated heterocycles. The van der Waals surface area contributed by atoms with Crippen molar-refractivity contribution in [2.24, 2.45) is 5.92 Å². The van der Waals surface area contributed by atoms with Gasteiger partial charge in [0, 0.05) is 35.2 Å². The van der Waals surface area contributed by atoms with Crippen LogP contribution in [0.3, 0.4) is 0 Å². The number of nitrogens with one attached hydrogen (secondary N) is 2. The molecule has 0 aromatic heterocycles. The highest BCUT2D eigenvalue weighted by Crippen LogP contribution is 2.43. The molecule has 218 valence electrons. The lowest BCUT2D eigenvalue weighted by molar-refractivity contribution is -0.268. The number of rotatable bonds is 10. The van der Waals surface area contributed by atoms with E-state index in [-0.39, 0.29) is 30.8 Å². The van der Waals surface area contributed by atoms with Crippen molar-refractivity contribution >= 4 is 17.8 Å². The molecule has 5 rings (SSSR count). The highest BCUT2D eigenvalue weighted by Gasteiger charge is 2.38. The van der Waals surface area contributed by atoms with Crippen LogP contribution in [0.4, 0.5) is 4.79 Å². The molecule has 1 aliphatic heterocycles. The Hall–Kier alpha value is -3.62. The monoisotopic (exact) mass is 582 g/mol. The van der Waals surface area contributed by atoms with Crippen molar-refractivity contribution in [3.8, 4) is 11.1 Å². The summed E-state index contributed by atoms with van der Waals surface area (Å²) in [5, 5.41) is 15.2. The second-order valence-electron chi connectivity index (χ2n) is 10.5. The summed E-state index contributed by atoms with van der Waals surface area (Å²) in [5.41, 5.74) is 6.04. The first kappa shape index (κ1) is 29.9. The predicted octanol–water partition coefficient (Wildman–Crippen LogP) is 7.25. The van der Waals surface area contributed by atoms with E-state index in [9.17, 15) is 9.90 Å². The van der Waals surface area contributed by atoms with E-state index in [1.165, 1.54) is 4.90 Å². The van der Waals surface area contributed by atoms with E-state index in [0.29, 0.717) is 13.1 Å². The van der Waals surface area contributed by atoms with Crippen LogP contribution in [-0.2, 0) is 22.6 Å². The van der Waals surface area contributed by atoms with Crippen LogP contribution in [0.1, 0.15) is 48.5 Å². The second-order valence-corrected chi connectivity index (χ2v) is 11.6. The SMILES string of the molecule is CCNC(=O)NCc1cccc(-c2cccc([C@@H]3O[C@H](CSc4ccccc4)[C@H](C)[C@H](c4ccc(CO)cc4)O3)c2)c1. The topological polar surface area (TPSA) is 79.8 Å². The minimum absolute atomic E-state index is 0.0133. The Kier molecular flexibility index (Phi) is 10.3. The van der Waals surface area contributed by atoms with Crippen LogP contribution < -0.4 is 10.6 Å². The molecule has 0 radical (unpaired) electrons. The number of thioether (sulfide) groups is 1. The van der Waals surface area contributed by atoms with Gasteiger partial charge in [0.25, 0.3) is 0 Å². The number of carbonyl (C=O) groups excluding carboxylic acids is 1. The molecular formula is C35H38N2O4S. The summed E-state index contributed by atoms with van der Waals surface area (Å²) in [4.78, 5) is 13.1. The van der Waals surface area contributed by atoms with Gasteiger partial charge in [-0.15, -0.1) is 11.8 Å². The Bertz CT molecular complexity index is 1450. The van der Waals surface area contributed by atoms with E-state index in [1.807, 2.05) is 55.5 Å². The zero-order valence-corrected chi connectivity index (χ0v) is 24.8. The zero-order valence-electron chi connectivity index (χ0n) is 24.0. The van der Waals surface area contributed by atoms with Gasteiger partial charge in [-0.1, -0.05) is 85.8 Å². The molecule has 1 aliphatic rings. The molecule has 0 aliphatic carbocycles. The Morgan fingerprint density at radius 1 is 0.810 bits per heavy atom. The van der Waals surface area contributed by atoms with Gasteiger partial charge < -0.3 is 25.2 Å². The summed E-state index contributed by atoms with van der Waals surface area (Å²) in [6.45, 7) is 5.13. The first-order chi connectivity index (χ1) is 20.5. The first-order valence-corrected chi connectivity index (χ1v) is 15.4. The average molecular weight is 583 g/mol. The molecule has 4 aromatic rings. The van der Waals surface area contributed by atoms with E-state index in [0.717, 1.165) is 39.1 Å². The lowest BCUT2D eigenvalue weighted by Gasteiger charge is -2.41. The maximum Gasteiger partial charge on any atom is 0.315 e. The number of ether oxygens (including phenoxy) is 2. The zero-order chi connectivity index (χ0) is 29.3. The quantitative estimate of drug-likeness (QED) is 0.172. The second kappa shape index (κ2) is 14.5. The van der Waals surface area contributed by atoms with Gasteiger partial charge in [-0.25, -0.2) is 4.79 Å². The number of hydrogen-bond donors (Lipinski definition) is 3. The molecule has 3 N–H and O–H groups in total. The minimum Gasteiger partial charge on any atom is -0.392 e. The van der Waals surface area contributed by atoms with Gasteiger partial charge in [-0.2, -0.15) is 0 Å². The van der Waals surface area contributed by atoms with Crippen LogP contribution in [0.2, 0.25) is 0 Å². The number of hydrogen-bond acceptors (Lipinski definition) is 5.